The average Bonchev–Trinajstić information content (AvgIpc) is 2.85. The molecule has 0 aliphatic carbocycles. The first-order valence-corrected chi connectivity index (χ1v) is 8.98. The molecule has 0 radical (unpaired) electrons. The molecule has 1 amide bonds. The quantitative estimate of drug-likeness (QED) is 0.726. The van der Waals surface area contributed by atoms with Crippen LogP contribution in [0.3, 0.4) is 0 Å². The van der Waals surface area contributed by atoms with E-state index in [4.69, 9.17) is 16.3 Å². The third kappa shape index (κ3) is 5.61. The van der Waals surface area contributed by atoms with E-state index in [0.717, 1.165) is 63.5 Å². The van der Waals surface area contributed by atoms with Gasteiger partial charge in [-0.3, -0.25) is 14.4 Å². The SMILES string of the molecule is CCCCn1nc(C)c(/C=C/C(=O)NCCN2CCOCC2)c1Cl. The number of morpholine rings is 1. The number of aryl methyl sites for hydroxylation is 2. The van der Waals surface area contributed by atoms with E-state index in [0.29, 0.717) is 11.7 Å². The Morgan fingerprint density at radius 2 is 2.12 bits per heavy atom. The summed E-state index contributed by atoms with van der Waals surface area (Å²) in [6.45, 7) is 9.71. The van der Waals surface area contributed by atoms with Crippen molar-refractivity contribution >= 4 is 23.6 Å². The maximum Gasteiger partial charge on any atom is 0.244 e. The molecule has 1 saturated heterocycles. The number of halogens is 1. The molecule has 2 heterocycles. The predicted molar refractivity (Wildman–Crippen MR) is 96.2 cm³/mol. The highest BCUT2D eigenvalue weighted by Crippen LogP contribution is 2.21. The van der Waals surface area contributed by atoms with Gasteiger partial charge in [0, 0.05) is 44.4 Å². The van der Waals surface area contributed by atoms with E-state index < -0.39 is 0 Å². The Hall–Kier alpha value is -1.37. The van der Waals surface area contributed by atoms with Crippen molar-refractivity contribution in [2.45, 2.75) is 33.2 Å². The number of nitrogens with one attached hydrogen (secondary N) is 1. The van der Waals surface area contributed by atoms with Gasteiger partial charge in [0.25, 0.3) is 0 Å². The fourth-order valence-corrected chi connectivity index (χ4v) is 2.91. The van der Waals surface area contributed by atoms with E-state index in [2.05, 4.69) is 22.2 Å². The third-order valence-corrected chi connectivity index (χ3v) is 4.46. The number of amides is 1. The lowest BCUT2D eigenvalue weighted by Crippen LogP contribution is -2.41. The number of rotatable bonds is 8. The second-order valence-electron chi connectivity index (χ2n) is 5.94. The van der Waals surface area contributed by atoms with E-state index in [1.54, 1.807) is 10.8 Å². The van der Waals surface area contributed by atoms with Crippen LogP contribution >= 0.6 is 11.6 Å². The summed E-state index contributed by atoms with van der Waals surface area (Å²) in [5.41, 5.74) is 1.66. The van der Waals surface area contributed by atoms with E-state index in [1.165, 1.54) is 6.08 Å². The summed E-state index contributed by atoms with van der Waals surface area (Å²) in [6.07, 6.45) is 5.40. The monoisotopic (exact) mass is 354 g/mol. The van der Waals surface area contributed by atoms with Gasteiger partial charge in [0.05, 0.1) is 18.9 Å². The van der Waals surface area contributed by atoms with E-state index in [-0.39, 0.29) is 5.91 Å². The molecule has 0 atom stereocenters. The van der Waals surface area contributed by atoms with Crippen molar-refractivity contribution < 1.29 is 9.53 Å². The van der Waals surface area contributed by atoms with Crippen molar-refractivity contribution in [2.24, 2.45) is 0 Å². The van der Waals surface area contributed by atoms with E-state index in [1.807, 2.05) is 6.92 Å². The van der Waals surface area contributed by atoms with Crippen LogP contribution in [0.15, 0.2) is 6.08 Å². The second kappa shape index (κ2) is 9.81. The van der Waals surface area contributed by atoms with Crippen LogP contribution in [0.5, 0.6) is 0 Å². The fourth-order valence-electron chi connectivity index (χ4n) is 2.59. The summed E-state index contributed by atoms with van der Waals surface area (Å²) >= 11 is 6.35. The van der Waals surface area contributed by atoms with Crippen molar-refractivity contribution in [3.8, 4) is 0 Å². The molecule has 7 heteroatoms. The van der Waals surface area contributed by atoms with Crippen LogP contribution in [-0.2, 0) is 16.1 Å². The maximum atomic E-state index is 11.9. The molecule has 1 aliphatic heterocycles. The van der Waals surface area contributed by atoms with Crippen molar-refractivity contribution in [3.63, 3.8) is 0 Å². The van der Waals surface area contributed by atoms with Crippen molar-refractivity contribution in [1.29, 1.82) is 0 Å². The molecule has 1 aromatic rings. The van der Waals surface area contributed by atoms with Gasteiger partial charge in [0.1, 0.15) is 5.15 Å². The zero-order valence-corrected chi connectivity index (χ0v) is 15.3. The summed E-state index contributed by atoms with van der Waals surface area (Å²) in [6, 6.07) is 0. The minimum atomic E-state index is -0.111. The molecule has 2 rings (SSSR count). The molecule has 0 spiro atoms. The Morgan fingerprint density at radius 3 is 2.83 bits per heavy atom. The Morgan fingerprint density at radius 1 is 1.38 bits per heavy atom. The van der Waals surface area contributed by atoms with Gasteiger partial charge < -0.3 is 10.1 Å². The number of carbonyl (C=O) groups is 1. The molecule has 1 N–H and O–H groups in total. The van der Waals surface area contributed by atoms with Crippen LogP contribution < -0.4 is 5.32 Å². The average molecular weight is 355 g/mol. The highest BCUT2D eigenvalue weighted by molar-refractivity contribution is 6.31. The molecule has 134 valence electrons. The molecule has 1 aromatic heterocycles. The van der Waals surface area contributed by atoms with Gasteiger partial charge in [0.15, 0.2) is 0 Å². The highest BCUT2D eigenvalue weighted by Gasteiger charge is 2.12. The van der Waals surface area contributed by atoms with Crippen LogP contribution in [0.25, 0.3) is 6.08 Å². The molecule has 0 saturated carbocycles. The van der Waals surface area contributed by atoms with E-state index >= 15 is 0 Å². The lowest BCUT2D eigenvalue weighted by atomic mass is 10.2. The van der Waals surface area contributed by atoms with Crippen molar-refractivity contribution in [3.05, 3.63) is 22.5 Å². The Labute approximate surface area is 148 Å². The zero-order valence-electron chi connectivity index (χ0n) is 14.6. The van der Waals surface area contributed by atoms with Gasteiger partial charge in [-0.15, -0.1) is 0 Å². The molecule has 0 aromatic carbocycles. The second-order valence-corrected chi connectivity index (χ2v) is 6.30. The number of hydrogen-bond acceptors (Lipinski definition) is 4. The number of ether oxygens (including phenoxy) is 1. The first-order valence-electron chi connectivity index (χ1n) is 8.60. The number of nitrogens with zero attached hydrogens (tertiary/aromatic N) is 3. The number of unbranched alkanes of at least 4 members (excludes halogenated alkanes) is 1. The molecule has 1 aliphatic rings. The topological polar surface area (TPSA) is 59.4 Å². The Kier molecular flexibility index (Phi) is 7.75. The zero-order chi connectivity index (χ0) is 17.4. The van der Waals surface area contributed by atoms with Crippen LogP contribution in [0.4, 0.5) is 0 Å². The lowest BCUT2D eigenvalue weighted by Gasteiger charge is -2.26. The number of aromatic nitrogens is 2. The highest BCUT2D eigenvalue weighted by atomic mass is 35.5. The first-order chi connectivity index (χ1) is 11.6. The van der Waals surface area contributed by atoms with Gasteiger partial charge in [0.2, 0.25) is 5.91 Å². The van der Waals surface area contributed by atoms with Crippen molar-refractivity contribution in [2.75, 3.05) is 39.4 Å². The minimum absolute atomic E-state index is 0.111. The van der Waals surface area contributed by atoms with Gasteiger partial charge in [-0.1, -0.05) is 24.9 Å². The summed E-state index contributed by atoms with van der Waals surface area (Å²) in [5.74, 6) is -0.111. The van der Waals surface area contributed by atoms with E-state index in [9.17, 15) is 4.79 Å². The van der Waals surface area contributed by atoms with Crippen LogP contribution in [0.2, 0.25) is 5.15 Å². The molecular formula is C17H27ClN4O2. The predicted octanol–water partition coefficient (Wildman–Crippen LogP) is 2.11. The molecular weight excluding hydrogens is 328 g/mol. The van der Waals surface area contributed by atoms with Gasteiger partial charge >= 0.3 is 0 Å². The largest absolute Gasteiger partial charge is 0.379 e. The molecule has 0 bridgehead atoms. The third-order valence-electron chi connectivity index (χ3n) is 4.07. The Bertz CT molecular complexity index is 565. The normalized spacial score (nSPS) is 16.0. The minimum Gasteiger partial charge on any atom is -0.379 e. The fraction of sp³-hybridized carbons (Fsp3) is 0.647. The standard InChI is InChI=1S/C17H27ClN4O2/c1-3-4-8-22-17(18)15(14(2)20-22)5-6-16(23)19-7-9-21-10-12-24-13-11-21/h5-6H,3-4,7-13H2,1-2H3,(H,19,23)/b6-5+. The van der Waals surface area contributed by atoms with Crippen molar-refractivity contribution in [1.82, 2.24) is 20.0 Å². The van der Waals surface area contributed by atoms with Gasteiger partial charge in [-0.2, -0.15) is 5.10 Å². The first kappa shape index (κ1) is 19.0. The van der Waals surface area contributed by atoms with Crippen LogP contribution in [0, 0.1) is 6.92 Å². The summed E-state index contributed by atoms with van der Waals surface area (Å²) in [5, 5.41) is 7.93. The summed E-state index contributed by atoms with van der Waals surface area (Å²) in [7, 11) is 0. The molecule has 24 heavy (non-hydrogen) atoms. The summed E-state index contributed by atoms with van der Waals surface area (Å²) < 4.78 is 7.10. The van der Waals surface area contributed by atoms with Crippen LogP contribution in [-0.4, -0.2) is 60.0 Å². The molecule has 6 nitrogen and oxygen atoms in total. The summed E-state index contributed by atoms with van der Waals surface area (Å²) in [4.78, 5) is 14.2. The Balaban J connectivity index is 1.81. The number of carbonyl (C=O) groups excluding carboxylic acids is 1. The lowest BCUT2D eigenvalue weighted by molar-refractivity contribution is -0.116. The smallest absolute Gasteiger partial charge is 0.244 e. The van der Waals surface area contributed by atoms with Crippen LogP contribution in [0.1, 0.15) is 31.0 Å². The molecule has 1 fully saturated rings. The van der Waals surface area contributed by atoms with Gasteiger partial charge in [-0.25, -0.2) is 0 Å². The molecule has 0 unspecified atom stereocenters. The van der Waals surface area contributed by atoms with Gasteiger partial charge in [-0.05, 0) is 19.4 Å². The maximum absolute atomic E-state index is 11.9. The number of hydrogen-bond donors (Lipinski definition) is 1.